The maximum absolute atomic E-state index is 5.91. The van der Waals surface area contributed by atoms with Gasteiger partial charge in [0.15, 0.2) is 17.3 Å². The number of anilines is 1. The molecule has 0 unspecified atom stereocenters. The van der Waals surface area contributed by atoms with Gasteiger partial charge in [0.2, 0.25) is 0 Å². The second-order valence-electron chi connectivity index (χ2n) is 5.29. The van der Waals surface area contributed by atoms with E-state index in [0.717, 1.165) is 22.2 Å². The summed E-state index contributed by atoms with van der Waals surface area (Å²) in [6, 6.07) is 7.71. The van der Waals surface area contributed by atoms with E-state index in [1.54, 1.807) is 6.33 Å². The minimum Gasteiger partial charge on any atom is -0.382 e. The summed E-state index contributed by atoms with van der Waals surface area (Å²) in [5.74, 6) is 2.22. The molecule has 6 heteroatoms. The molecule has 21 heavy (non-hydrogen) atoms. The van der Waals surface area contributed by atoms with Crippen LogP contribution < -0.4 is 5.73 Å². The van der Waals surface area contributed by atoms with E-state index in [4.69, 9.17) is 17.3 Å². The van der Waals surface area contributed by atoms with Crippen LogP contribution in [0.4, 0.5) is 5.82 Å². The van der Waals surface area contributed by atoms with Crippen molar-refractivity contribution in [2.45, 2.75) is 26.3 Å². The van der Waals surface area contributed by atoms with Gasteiger partial charge in [-0.3, -0.25) is 0 Å². The van der Waals surface area contributed by atoms with Crippen molar-refractivity contribution < 1.29 is 0 Å². The zero-order chi connectivity index (χ0) is 15.0. The molecule has 0 atom stereocenters. The number of rotatable bonds is 3. The molecule has 108 valence electrons. The Kier molecular flexibility index (Phi) is 3.51. The lowest BCUT2D eigenvalue weighted by molar-refractivity contribution is 0.752. The number of fused-ring (bicyclic) bond motifs is 1. The molecule has 1 aromatic rings. The first-order valence-corrected chi connectivity index (χ1v) is 7.15. The molecule has 2 aliphatic heterocycles. The van der Waals surface area contributed by atoms with Crippen LogP contribution in [0, 0.1) is 0 Å². The van der Waals surface area contributed by atoms with Gasteiger partial charge in [0, 0.05) is 10.9 Å². The van der Waals surface area contributed by atoms with Gasteiger partial charge in [-0.25, -0.2) is 15.0 Å². The Bertz CT molecular complexity index is 733. The standard InChI is InChI=1S/C15H16ClN5/c1-9(2)14-19-12-13(17)18-8-21(15(12)20-14)7-10-3-5-11(16)6-4-10/h3-6,8-9H,7,17H2,1-2H3. The average molecular weight is 302 g/mol. The maximum atomic E-state index is 5.91. The van der Waals surface area contributed by atoms with Crippen molar-refractivity contribution in [1.82, 2.24) is 19.5 Å². The van der Waals surface area contributed by atoms with Crippen LogP contribution in [-0.4, -0.2) is 19.5 Å². The number of benzene rings is 1. The van der Waals surface area contributed by atoms with E-state index < -0.39 is 0 Å². The number of nitrogens with two attached hydrogens (primary N) is 1. The van der Waals surface area contributed by atoms with Crippen LogP contribution in [0.2, 0.25) is 5.02 Å². The SMILES string of the molecule is CC(C)c1nc2c(N)ncn(Cc3ccc(Cl)cc3)c-2n1. The molecule has 2 N–H and O–H groups in total. The fourth-order valence-electron chi connectivity index (χ4n) is 2.13. The Morgan fingerprint density at radius 3 is 2.57 bits per heavy atom. The lowest BCUT2D eigenvalue weighted by Crippen LogP contribution is -2.09. The average Bonchev–Trinajstić information content (AvgIpc) is 2.91. The Morgan fingerprint density at radius 1 is 1.19 bits per heavy atom. The van der Waals surface area contributed by atoms with E-state index in [1.165, 1.54) is 0 Å². The predicted octanol–water partition coefficient (Wildman–Crippen LogP) is 3.19. The summed E-state index contributed by atoms with van der Waals surface area (Å²) in [4.78, 5) is 13.3. The minimum atomic E-state index is 0.251. The molecule has 0 aromatic heterocycles. The van der Waals surface area contributed by atoms with Gasteiger partial charge in [0.05, 0.1) is 12.9 Å². The van der Waals surface area contributed by atoms with Crippen LogP contribution >= 0.6 is 11.6 Å². The number of nitrogens with zero attached hydrogens (tertiary/aromatic N) is 4. The molecular weight excluding hydrogens is 286 g/mol. The predicted molar refractivity (Wildman–Crippen MR) is 83.5 cm³/mol. The highest BCUT2D eigenvalue weighted by molar-refractivity contribution is 6.30. The van der Waals surface area contributed by atoms with Crippen molar-refractivity contribution in [1.29, 1.82) is 0 Å². The Labute approximate surface area is 128 Å². The molecule has 0 fully saturated rings. The quantitative estimate of drug-likeness (QED) is 0.806. The third-order valence-corrected chi connectivity index (χ3v) is 3.54. The van der Waals surface area contributed by atoms with E-state index in [2.05, 4.69) is 28.8 Å². The van der Waals surface area contributed by atoms with E-state index in [0.29, 0.717) is 18.1 Å². The summed E-state index contributed by atoms with van der Waals surface area (Å²) in [6.45, 7) is 4.76. The van der Waals surface area contributed by atoms with Gasteiger partial charge in [0.1, 0.15) is 5.82 Å². The van der Waals surface area contributed by atoms with Crippen LogP contribution in [0.5, 0.6) is 0 Å². The van der Waals surface area contributed by atoms with Crippen LogP contribution in [0.1, 0.15) is 31.2 Å². The van der Waals surface area contributed by atoms with Crippen molar-refractivity contribution in [3.05, 3.63) is 47.0 Å². The maximum Gasteiger partial charge on any atom is 0.166 e. The highest BCUT2D eigenvalue weighted by atomic mass is 35.5. The highest BCUT2D eigenvalue weighted by Gasteiger charge is 2.20. The molecule has 0 aliphatic carbocycles. The van der Waals surface area contributed by atoms with Gasteiger partial charge < -0.3 is 10.3 Å². The topological polar surface area (TPSA) is 69.6 Å². The lowest BCUT2D eigenvalue weighted by Gasteiger charge is -2.11. The molecule has 5 nitrogen and oxygen atoms in total. The fourth-order valence-corrected chi connectivity index (χ4v) is 2.26. The molecule has 0 amide bonds. The fraction of sp³-hybridized carbons (Fsp3) is 0.267. The van der Waals surface area contributed by atoms with Crippen molar-refractivity contribution in [2.75, 3.05) is 5.73 Å². The van der Waals surface area contributed by atoms with Crippen molar-refractivity contribution >= 4 is 17.4 Å². The Balaban J connectivity index is 2.02. The number of nitrogen functional groups attached to an aromatic ring is 1. The van der Waals surface area contributed by atoms with E-state index in [-0.39, 0.29) is 5.92 Å². The van der Waals surface area contributed by atoms with Crippen molar-refractivity contribution in [2.24, 2.45) is 0 Å². The Morgan fingerprint density at radius 2 is 1.90 bits per heavy atom. The number of aromatic nitrogens is 4. The Hall–Kier alpha value is -2.14. The highest BCUT2D eigenvalue weighted by Crippen LogP contribution is 2.26. The summed E-state index contributed by atoms with van der Waals surface area (Å²) in [7, 11) is 0. The van der Waals surface area contributed by atoms with Gasteiger partial charge >= 0.3 is 0 Å². The van der Waals surface area contributed by atoms with Gasteiger partial charge in [-0.1, -0.05) is 37.6 Å². The van der Waals surface area contributed by atoms with Crippen molar-refractivity contribution in [3.63, 3.8) is 0 Å². The second kappa shape index (κ2) is 5.33. The summed E-state index contributed by atoms with van der Waals surface area (Å²) in [5, 5.41) is 0.722. The zero-order valence-corrected chi connectivity index (χ0v) is 12.7. The van der Waals surface area contributed by atoms with Gasteiger partial charge in [-0.15, -0.1) is 0 Å². The molecule has 2 heterocycles. The first-order valence-electron chi connectivity index (χ1n) is 6.77. The largest absolute Gasteiger partial charge is 0.382 e. The number of halogens is 1. The monoisotopic (exact) mass is 301 g/mol. The number of hydrogen-bond acceptors (Lipinski definition) is 4. The molecule has 0 saturated heterocycles. The van der Waals surface area contributed by atoms with Crippen molar-refractivity contribution in [3.8, 4) is 11.5 Å². The molecule has 0 spiro atoms. The van der Waals surface area contributed by atoms with E-state index in [1.807, 2.05) is 28.8 Å². The van der Waals surface area contributed by atoms with Gasteiger partial charge in [0.25, 0.3) is 0 Å². The first-order chi connectivity index (χ1) is 10.0. The molecule has 0 saturated carbocycles. The summed E-state index contributed by atoms with van der Waals surface area (Å²) >= 11 is 5.91. The summed E-state index contributed by atoms with van der Waals surface area (Å²) in [6.07, 6.45) is 1.70. The number of imidazole rings is 1. The summed E-state index contributed by atoms with van der Waals surface area (Å²) < 4.78 is 1.95. The second-order valence-corrected chi connectivity index (χ2v) is 5.73. The van der Waals surface area contributed by atoms with Crippen LogP contribution in [0.15, 0.2) is 30.6 Å². The molecule has 0 bridgehead atoms. The van der Waals surface area contributed by atoms with E-state index in [9.17, 15) is 0 Å². The molecular formula is C15H16ClN5. The third kappa shape index (κ3) is 2.69. The molecule has 0 radical (unpaired) electrons. The smallest absolute Gasteiger partial charge is 0.166 e. The van der Waals surface area contributed by atoms with Crippen LogP contribution in [-0.2, 0) is 6.54 Å². The van der Waals surface area contributed by atoms with E-state index >= 15 is 0 Å². The third-order valence-electron chi connectivity index (χ3n) is 3.29. The number of hydrogen-bond donors (Lipinski definition) is 1. The molecule has 3 rings (SSSR count). The summed E-state index contributed by atoms with van der Waals surface area (Å²) in [5.41, 5.74) is 7.69. The first kappa shape index (κ1) is 13.8. The minimum absolute atomic E-state index is 0.251. The van der Waals surface area contributed by atoms with Crippen LogP contribution in [0.25, 0.3) is 11.5 Å². The lowest BCUT2D eigenvalue weighted by atomic mass is 10.2. The van der Waals surface area contributed by atoms with Gasteiger partial charge in [-0.2, -0.15) is 0 Å². The zero-order valence-electron chi connectivity index (χ0n) is 11.9. The molecule has 2 aliphatic rings. The van der Waals surface area contributed by atoms with Crippen LogP contribution in [0.3, 0.4) is 0 Å². The molecule has 1 aromatic carbocycles. The normalized spacial score (nSPS) is 11.4. The van der Waals surface area contributed by atoms with Gasteiger partial charge in [-0.05, 0) is 17.7 Å².